The van der Waals surface area contributed by atoms with E-state index in [0.717, 1.165) is 30.9 Å². The molecule has 1 amide bonds. The van der Waals surface area contributed by atoms with E-state index in [0.29, 0.717) is 23.5 Å². The fraction of sp³-hybridized carbons (Fsp3) is 0.450. The zero-order chi connectivity index (χ0) is 19.2. The first kappa shape index (κ1) is 19.5. The van der Waals surface area contributed by atoms with Crippen molar-refractivity contribution < 1.29 is 9.53 Å². The van der Waals surface area contributed by atoms with Gasteiger partial charge in [0.15, 0.2) is 5.13 Å². The molecular formula is C20H24N4O2S. The summed E-state index contributed by atoms with van der Waals surface area (Å²) >= 11 is 1.46. The molecule has 1 fully saturated rings. The van der Waals surface area contributed by atoms with Crippen LogP contribution >= 0.6 is 11.3 Å². The molecule has 0 aliphatic carbocycles. The van der Waals surface area contributed by atoms with Crippen molar-refractivity contribution in [3.8, 4) is 6.07 Å². The van der Waals surface area contributed by atoms with Crippen LogP contribution in [-0.2, 0) is 22.5 Å². The number of hydrogen-bond acceptors (Lipinski definition) is 6. The molecule has 3 rings (SSSR count). The first-order valence-corrected chi connectivity index (χ1v) is 10.0. The molecule has 27 heavy (non-hydrogen) atoms. The molecule has 2 aromatic rings. The van der Waals surface area contributed by atoms with Crippen LogP contribution in [0.2, 0.25) is 0 Å². The SMILES string of the molecule is CC1CN(Cc2csc(NC(=O)CCc3ccc(C#N)cc3)n2)CC(C)O1. The number of thiazole rings is 1. The number of aryl methyl sites for hydroxylation is 1. The molecule has 1 N–H and O–H groups in total. The minimum atomic E-state index is -0.0473. The number of amides is 1. The number of nitrogens with zero attached hydrogens (tertiary/aromatic N) is 3. The maximum Gasteiger partial charge on any atom is 0.226 e. The molecule has 1 aliphatic rings. The zero-order valence-corrected chi connectivity index (χ0v) is 16.5. The molecule has 1 saturated heterocycles. The highest BCUT2D eigenvalue weighted by Gasteiger charge is 2.22. The largest absolute Gasteiger partial charge is 0.373 e. The molecule has 0 spiro atoms. The maximum absolute atomic E-state index is 12.2. The molecule has 0 saturated carbocycles. The van der Waals surface area contributed by atoms with E-state index >= 15 is 0 Å². The Kier molecular flexibility index (Phi) is 6.56. The predicted octanol–water partition coefficient (Wildman–Crippen LogP) is 3.20. The van der Waals surface area contributed by atoms with E-state index in [-0.39, 0.29) is 18.1 Å². The van der Waals surface area contributed by atoms with Gasteiger partial charge in [-0.3, -0.25) is 9.69 Å². The molecule has 7 heteroatoms. The third-order valence-corrected chi connectivity index (χ3v) is 5.21. The van der Waals surface area contributed by atoms with Gasteiger partial charge in [-0.25, -0.2) is 4.98 Å². The Labute approximate surface area is 163 Å². The Morgan fingerprint density at radius 3 is 2.70 bits per heavy atom. The summed E-state index contributed by atoms with van der Waals surface area (Å²) in [5.41, 5.74) is 2.64. The van der Waals surface area contributed by atoms with Crippen LogP contribution in [0.5, 0.6) is 0 Å². The van der Waals surface area contributed by atoms with E-state index in [1.165, 1.54) is 11.3 Å². The number of ether oxygens (including phenoxy) is 1. The van der Waals surface area contributed by atoms with Crippen LogP contribution in [0.4, 0.5) is 5.13 Å². The van der Waals surface area contributed by atoms with Gasteiger partial charge in [-0.1, -0.05) is 12.1 Å². The van der Waals surface area contributed by atoms with Crippen molar-refractivity contribution in [3.63, 3.8) is 0 Å². The van der Waals surface area contributed by atoms with Crippen molar-refractivity contribution in [2.24, 2.45) is 0 Å². The van der Waals surface area contributed by atoms with E-state index in [4.69, 9.17) is 10.00 Å². The number of nitriles is 1. The first-order valence-electron chi connectivity index (χ1n) is 9.13. The van der Waals surface area contributed by atoms with Gasteiger partial charge in [-0.05, 0) is 38.0 Å². The molecule has 0 radical (unpaired) electrons. The molecule has 2 heterocycles. The number of carbonyl (C=O) groups is 1. The second kappa shape index (κ2) is 9.09. The minimum Gasteiger partial charge on any atom is -0.373 e. The van der Waals surface area contributed by atoms with Crippen LogP contribution in [-0.4, -0.2) is 41.1 Å². The predicted molar refractivity (Wildman–Crippen MR) is 106 cm³/mol. The quantitative estimate of drug-likeness (QED) is 0.827. The summed E-state index contributed by atoms with van der Waals surface area (Å²) in [6.07, 6.45) is 1.49. The fourth-order valence-electron chi connectivity index (χ4n) is 3.27. The maximum atomic E-state index is 12.2. The third-order valence-electron chi connectivity index (χ3n) is 4.40. The van der Waals surface area contributed by atoms with E-state index in [2.05, 4.69) is 35.1 Å². The molecule has 142 valence electrons. The number of morpholine rings is 1. The fourth-order valence-corrected chi connectivity index (χ4v) is 3.98. The van der Waals surface area contributed by atoms with E-state index in [1.54, 1.807) is 12.1 Å². The molecule has 1 aromatic heterocycles. The van der Waals surface area contributed by atoms with Gasteiger partial charge in [0.05, 0.1) is 29.5 Å². The highest BCUT2D eigenvalue weighted by Crippen LogP contribution is 2.19. The Hall–Kier alpha value is -2.27. The standard InChI is InChI=1S/C20H24N4O2S/c1-14-10-24(11-15(2)26-14)12-18-13-27-20(22-18)23-19(25)8-7-16-3-5-17(9-21)6-4-16/h3-6,13-15H,7-8,10-12H2,1-2H3,(H,22,23,25). The lowest BCUT2D eigenvalue weighted by molar-refractivity contribution is -0.116. The normalized spacial score (nSPS) is 20.2. The monoisotopic (exact) mass is 384 g/mol. The number of aromatic nitrogens is 1. The van der Waals surface area contributed by atoms with E-state index in [1.807, 2.05) is 17.5 Å². The van der Waals surface area contributed by atoms with Crippen LogP contribution in [0.3, 0.4) is 0 Å². The van der Waals surface area contributed by atoms with Crippen molar-refractivity contribution >= 4 is 22.4 Å². The summed E-state index contributed by atoms with van der Waals surface area (Å²) in [5, 5.41) is 14.3. The highest BCUT2D eigenvalue weighted by molar-refractivity contribution is 7.13. The Morgan fingerprint density at radius 1 is 1.33 bits per heavy atom. The zero-order valence-electron chi connectivity index (χ0n) is 15.6. The van der Waals surface area contributed by atoms with Crippen molar-refractivity contribution in [2.75, 3.05) is 18.4 Å². The third kappa shape index (κ3) is 5.86. The summed E-state index contributed by atoms with van der Waals surface area (Å²) in [5.74, 6) is -0.0473. The Balaban J connectivity index is 1.46. The molecule has 6 nitrogen and oxygen atoms in total. The number of nitrogens with one attached hydrogen (secondary N) is 1. The molecular weight excluding hydrogens is 360 g/mol. The Morgan fingerprint density at radius 2 is 2.04 bits per heavy atom. The van der Waals surface area contributed by atoms with Crippen molar-refractivity contribution in [1.29, 1.82) is 5.26 Å². The van der Waals surface area contributed by atoms with Gasteiger partial charge in [0.1, 0.15) is 0 Å². The highest BCUT2D eigenvalue weighted by atomic mass is 32.1. The summed E-state index contributed by atoms with van der Waals surface area (Å²) < 4.78 is 5.76. The molecule has 1 aromatic carbocycles. The minimum absolute atomic E-state index is 0.0473. The average molecular weight is 385 g/mol. The van der Waals surface area contributed by atoms with Crippen LogP contribution in [0, 0.1) is 11.3 Å². The van der Waals surface area contributed by atoms with Crippen molar-refractivity contribution in [3.05, 3.63) is 46.5 Å². The lowest BCUT2D eigenvalue weighted by atomic mass is 10.1. The number of carbonyl (C=O) groups excluding carboxylic acids is 1. The molecule has 0 bridgehead atoms. The number of anilines is 1. The van der Waals surface area contributed by atoms with Gasteiger partial charge in [-0.2, -0.15) is 5.26 Å². The molecule has 2 unspecified atom stereocenters. The van der Waals surface area contributed by atoms with E-state index < -0.39 is 0 Å². The van der Waals surface area contributed by atoms with Crippen LogP contribution in [0.15, 0.2) is 29.6 Å². The molecule has 1 aliphatic heterocycles. The number of hydrogen-bond donors (Lipinski definition) is 1. The first-order chi connectivity index (χ1) is 13.0. The summed E-state index contributed by atoms with van der Waals surface area (Å²) in [4.78, 5) is 19.0. The smallest absolute Gasteiger partial charge is 0.226 e. The van der Waals surface area contributed by atoms with Gasteiger partial charge in [0, 0.05) is 31.4 Å². The topological polar surface area (TPSA) is 78.3 Å². The lowest BCUT2D eigenvalue weighted by Crippen LogP contribution is -2.44. The summed E-state index contributed by atoms with van der Waals surface area (Å²) in [6, 6.07) is 9.41. The lowest BCUT2D eigenvalue weighted by Gasteiger charge is -2.34. The van der Waals surface area contributed by atoms with Crippen molar-refractivity contribution in [2.45, 2.75) is 45.4 Å². The van der Waals surface area contributed by atoms with Crippen LogP contribution in [0.25, 0.3) is 0 Å². The van der Waals surface area contributed by atoms with Gasteiger partial charge >= 0.3 is 0 Å². The number of rotatable bonds is 6. The van der Waals surface area contributed by atoms with Gasteiger partial charge in [0.25, 0.3) is 0 Å². The van der Waals surface area contributed by atoms with Crippen LogP contribution < -0.4 is 5.32 Å². The van der Waals surface area contributed by atoms with Crippen LogP contribution in [0.1, 0.15) is 37.1 Å². The molecule has 2 atom stereocenters. The summed E-state index contributed by atoms with van der Waals surface area (Å²) in [6.45, 7) is 6.74. The van der Waals surface area contributed by atoms with Gasteiger partial charge in [0.2, 0.25) is 5.91 Å². The van der Waals surface area contributed by atoms with E-state index in [9.17, 15) is 4.79 Å². The Bertz CT molecular complexity index is 802. The average Bonchev–Trinajstić information content (AvgIpc) is 3.06. The van der Waals surface area contributed by atoms with Gasteiger partial charge in [-0.15, -0.1) is 11.3 Å². The van der Waals surface area contributed by atoms with Crippen molar-refractivity contribution in [1.82, 2.24) is 9.88 Å². The second-order valence-corrected chi connectivity index (χ2v) is 7.81. The number of benzene rings is 1. The van der Waals surface area contributed by atoms with Gasteiger partial charge < -0.3 is 10.1 Å². The second-order valence-electron chi connectivity index (χ2n) is 6.95. The summed E-state index contributed by atoms with van der Waals surface area (Å²) in [7, 11) is 0.